The number of benzene rings is 2. The fourth-order valence-electron chi connectivity index (χ4n) is 2.33. The Hall–Kier alpha value is -3.00. The lowest BCUT2D eigenvalue weighted by Gasteiger charge is -2.11. The fraction of sp³-hybridized carbons (Fsp3) is 0.250. The standard InChI is InChI=1S/C20H23N3O4S/c1-13-4-9-18(27-3)17(10-13)23-19(25)11-21-20(26)12-28-16-7-5-15(6-8-16)22-14(2)24/h4-10H,11-12H2,1-3H3,(H,21,26)(H,22,24)(H,23,25). The van der Waals surface area contributed by atoms with Gasteiger partial charge in [0.15, 0.2) is 0 Å². The first kappa shape index (κ1) is 21.3. The molecule has 2 aromatic rings. The summed E-state index contributed by atoms with van der Waals surface area (Å²) in [6.45, 7) is 3.23. The topological polar surface area (TPSA) is 96.5 Å². The van der Waals surface area contributed by atoms with Gasteiger partial charge in [-0.3, -0.25) is 14.4 Å². The quantitative estimate of drug-likeness (QED) is 0.591. The number of hydrogen-bond acceptors (Lipinski definition) is 5. The molecule has 0 radical (unpaired) electrons. The van der Waals surface area contributed by atoms with Crippen LogP contribution in [-0.4, -0.2) is 37.1 Å². The van der Waals surface area contributed by atoms with Gasteiger partial charge in [-0.2, -0.15) is 0 Å². The highest BCUT2D eigenvalue weighted by molar-refractivity contribution is 8.00. The summed E-state index contributed by atoms with van der Waals surface area (Å²) in [5.41, 5.74) is 2.25. The second-order valence-corrected chi connectivity index (χ2v) is 7.07. The zero-order valence-corrected chi connectivity index (χ0v) is 16.8. The van der Waals surface area contributed by atoms with Gasteiger partial charge in [0.25, 0.3) is 0 Å². The first-order valence-corrected chi connectivity index (χ1v) is 9.57. The van der Waals surface area contributed by atoms with Gasteiger partial charge in [0.1, 0.15) is 5.75 Å². The van der Waals surface area contributed by atoms with Crippen molar-refractivity contribution in [2.75, 3.05) is 30.0 Å². The first-order valence-electron chi connectivity index (χ1n) is 8.59. The second-order valence-electron chi connectivity index (χ2n) is 6.02. The second kappa shape index (κ2) is 10.4. The Kier molecular flexibility index (Phi) is 7.88. The van der Waals surface area contributed by atoms with Crippen LogP contribution in [0.5, 0.6) is 5.75 Å². The molecular formula is C20H23N3O4S. The average Bonchev–Trinajstić information content (AvgIpc) is 2.65. The molecule has 0 heterocycles. The number of hydrogen-bond donors (Lipinski definition) is 3. The molecule has 2 rings (SSSR count). The summed E-state index contributed by atoms with van der Waals surface area (Å²) in [4.78, 5) is 35.9. The van der Waals surface area contributed by atoms with Gasteiger partial charge in [0.2, 0.25) is 17.7 Å². The minimum Gasteiger partial charge on any atom is -0.495 e. The van der Waals surface area contributed by atoms with Gasteiger partial charge in [-0.1, -0.05) is 6.07 Å². The van der Waals surface area contributed by atoms with Crippen LogP contribution in [0.1, 0.15) is 12.5 Å². The van der Waals surface area contributed by atoms with Gasteiger partial charge in [-0.05, 0) is 48.9 Å². The molecule has 3 N–H and O–H groups in total. The number of methoxy groups -OCH3 is 1. The summed E-state index contributed by atoms with van der Waals surface area (Å²) in [7, 11) is 1.53. The maximum absolute atomic E-state index is 12.1. The number of rotatable bonds is 8. The lowest BCUT2D eigenvalue weighted by molar-refractivity contribution is -0.122. The third kappa shape index (κ3) is 6.96. The monoisotopic (exact) mass is 401 g/mol. The lowest BCUT2D eigenvalue weighted by Crippen LogP contribution is -2.34. The van der Waals surface area contributed by atoms with Gasteiger partial charge in [-0.25, -0.2) is 0 Å². The molecule has 0 aliphatic rings. The smallest absolute Gasteiger partial charge is 0.243 e. The predicted molar refractivity (Wildman–Crippen MR) is 111 cm³/mol. The van der Waals surface area contributed by atoms with E-state index in [2.05, 4.69) is 16.0 Å². The van der Waals surface area contributed by atoms with Crippen molar-refractivity contribution >= 4 is 40.9 Å². The number of anilines is 2. The van der Waals surface area contributed by atoms with Crippen LogP contribution in [0, 0.1) is 6.92 Å². The van der Waals surface area contributed by atoms with Crippen LogP contribution >= 0.6 is 11.8 Å². The van der Waals surface area contributed by atoms with Crippen molar-refractivity contribution in [2.45, 2.75) is 18.7 Å². The van der Waals surface area contributed by atoms with Crippen LogP contribution in [0.4, 0.5) is 11.4 Å². The third-order valence-electron chi connectivity index (χ3n) is 3.62. The summed E-state index contributed by atoms with van der Waals surface area (Å²) >= 11 is 1.34. The highest BCUT2D eigenvalue weighted by Crippen LogP contribution is 2.25. The largest absolute Gasteiger partial charge is 0.495 e. The number of carbonyl (C=O) groups is 3. The van der Waals surface area contributed by atoms with Crippen LogP contribution in [0.25, 0.3) is 0 Å². The molecule has 148 valence electrons. The molecule has 0 spiro atoms. The molecule has 0 unspecified atom stereocenters. The number of ether oxygens (including phenoxy) is 1. The van der Waals surface area contributed by atoms with Crippen LogP contribution in [0.3, 0.4) is 0 Å². The Labute approximate surface area is 168 Å². The molecule has 7 nitrogen and oxygen atoms in total. The molecule has 0 aliphatic heterocycles. The number of thioether (sulfide) groups is 1. The highest BCUT2D eigenvalue weighted by Gasteiger charge is 2.10. The average molecular weight is 401 g/mol. The van der Waals surface area contributed by atoms with Crippen molar-refractivity contribution in [1.29, 1.82) is 0 Å². The predicted octanol–water partition coefficient (Wildman–Crippen LogP) is 2.81. The van der Waals surface area contributed by atoms with E-state index < -0.39 is 0 Å². The fourth-order valence-corrected chi connectivity index (χ4v) is 3.06. The molecular weight excluding hydrogens is 378 g/mol. The number of carbonyl (C=O) groups excluding carboxylic acids is 3. The van der Waals surface area contributed by atoms with Crippen molar-refractivity contribution in [2.24, 2.45) is 0 Å². The van der Waals surface area contributed by atoms with Gasteiger partial charge in [0.05, 0.1) is 25.1 Å². The summed E-state index contributed by atoms with van der Waals surface area (Å²) in [5, 5.41) is 8.01. The highest BCUT2D eigenvalue weighted by atomic mass is 32.2. The van der Waals surface area contributed by atoms with E-state index in [1.165, 1.54) is 25.8 Å². The Morgan fingerprint density at radius 2 is 1.71 bits per heavy atom. The van der Waals surface area contributed by atoms with Gasteiger partial charge in [-0.15, -0.1) is 11.8 Å². The third-order valence-corrected chi connectivity index (χ3v) is 4.63. The molecule has 0 atom stereocenters. The molecule has 2 aromatic carbocycles. The molecule has 0 bridgehead atoms. The van der Waals surface area contributed by atoms with E-state index >= 15 is 0 Å². The Morgan fingerprint density at radius 3 is 2.36 bits per heavy atom. The van der Waals surface area contributed by atoms with Crippen LogP contribution in [0.15, 0.2) is 47.4 Å². The maximum Gasteiger partial charge on any atom is 0.243 e. The zero-order valence-electron chi connectivity index (χ0n) is 16.0. The summed E-state index contributed by atoms with van der Waals surface area (Å²) in [6, 6.07) is 12.6. The van der Waals surface area contributed by atoms with Gasteiger partial charge < -0.3 is 20.7 Å². The Balaban J connectivity index is 1.77. The molecule has 0 fully saturated rings. The molecule has 0 saturated carbocycles. The zero-order chi connectivity index (χ0) is 20.5. The van der Waals surface area contributed by atoms with Crippen LogP contribution in [0.2, 0.25) is 0 Å². The van der Waals surface area contributed by atoms with Gasteiger partial charge in [0, 0.05) is 17.5 Å². The Bertz CT molecular complexity index is 853. The minimum atomic E-state index is -0.332. The molecule has 0 aliphatic carbocycles. The van der Waals surface area contributed by atoms with E-state index in [1.54, 1.807) is 24.3 Å². The summed E-state index contributed by atoms with van der Waals surface area (Å²) in [5.74, 6) is 0.0228. The number of amides is 3. The Morgan fingerprint density at radius 1 is 1.00 bits per heavy atom. The molecule has 0 aromatic heterocycles. The molecule has 0 saturated heterocycles. The minimum absolute atomic E-state index is 0.127. The molecule has 28 heavy (non-hydrogen) atoms. The SMILES string of the molecule is COc1ccc(C)cc1NC(=O)CNC(=O)CSc1ccc(NC(C)=O)cc1. The van der Waals surface area contributed by atoms with E-state index in [9.17, 15) is 14.4 Å². The number of aryl methyl sites for hydroxylation is 1. The van der Waals surface area contributed by atoms with Crippen molar-refractivity contribution in [3.05, 3.63) is 48.0 Å². The summed E-state index contributed by atoms with van der Waals surface area (Å²) in [6.07, 6.45) is 0. The van der Waals surface area contributed by atoms with E-state index in [1.807, 2.05) is 25.1 Å². The van der Waals surface area contributed by atoms with E-state index in [-0.39, 0.29) is 30.0 Å². The molecule has 8 heteroatoms. The maximum atomic E-state index is 12.1. The van der Waals surface area contributed by atoms with Crippen molar-refractivity contribution in [3.63, 3.8) is 0 Å². The van der Waals surface area contributed by atoms with Gasteiger partial charge >= 0.3 is 0 Å². The van der Waals surface area contributed by atoms with E-state index in [0.29, 0.717) is 17.1 Å². The first-order chi connectivity index (χ1) is 13.4. The van der Waals surface area contributed by atoms with Crippen molar-refractivity contribution < 1.29 is 19.1 Å². The van der Waals surface area contributed by atoms with Crippen LogP contribution < -0.4 is 20.7 Å². The van der Waals surface area contributed by atoms with Crippen molar-refractivity contribution in [3.8, 4) is 5.75 Å². The van der Waals surface area contributed by atoms with E-state index in [0.717, 1.165) is 10.5 Å². The molecule has 3 amide bonds. The van der Waals surface area contributed by atoms with Crippen LogP contribution in [-0.2, 0) is 14.4 Å². The normalized spacial score (nSPS) is 10.1. The number of nitrogens with one attached hydrogen (secondary N) is 3. The summed E-state index contributed by atoms with van der Waals surface area (Å²) < 4.78 is 5.22. The van der Waals surface area contributed by atoms with E-state index in [4.69, 9.17) is 4.74 Å². The van der Waals surface area contributed by atoms with Crippen molar-refractivity contribution in [1.82, 2.24) is 5.32 Å². The lowest BCUT2D eigenvalue weighted by atomic mass is 10.2.